The smallest absolute Gasteiger partial charge is 0.318 e. The van der Waals surface area contributed by atoms with Crippen LogP contribution in [0.3, 0.4) is 0 Å². The SMILES string of the molecule is CC1CC(NCCN)NC(NC(=O)NC2CC3CCCCC3CN2)N1. The average molecular weight is 354 g/mol. The van der Waals surface area contributed by atoms with E-state index in [1.54, 1.807) is 0 Å². The second kappa shape index (κ2) is 9.14. The molecule has 0 aromatic carbocycles. The lowest BCUT2D eigenvalue weighted by Crippen LogP contribution is -2.69. The Hall–Kier alpha value is -0.930. The monoisotopic (exact) mass is 353 g/mol. The molecule has 1 saturated carbocycles. The van der Waals surface area contributed by atoms with Crippen LogP contribution < -0.4 is 37.6 Å². The molecule has 2 saturated heterocycles. The van der Waals surface area contributed by atoms with Gasteiger partial charge in [-0.05, 0) is 38.0 Å². The zero-order valence-electron chi connectivity index (χ0n) is 15.3. The Morgan fingerprint density at radius 3 is 2.68 bits per heavy atom. The van der Waals surface area contributed by atoms with E-state index >= 15 is 0 Å². The Labute approximate surface area is 150 Å². The maximum atomic E-state index is 12.4. The first-order valence-corrected chi connectivity index (χ1v) is 9.90. The standard InChI is InChI=1S/C17H35N7O/c1-11-8-14(19-7-6-18)22-16(21-11)24-17(25)23-15-9-12-4-2-3-5-13(12)10-20-15/h11-16,19-22H,2-10,18H2,1H3,(H2,23,24,25). The highest BCUT2D eigenvalue weighted by Gasteiger charge is 2.33. The van der Waals surface area contributed by atoms with Gasteiger partial charge in [0.25, 0.3) is 0 Å². The van der Waals surface area contributed by atoms with Crippen LogP contribution in [0.4, 0.5) is 4.79 Å². The molecule has 6 unspecified atom stereocenters. The molecule has 8 heteroatoms. The quantitative estimate of drug-likeness (QED) is 0.360. The van der Waals surface area contributed by atoms with Gasteiger partial charge in [-0.15, -0.1) is 0 Å². The van der Waals surface area contributed by atoms with Crippen LogP contribution in [0.2, 0.25) is 0 Å². The van der Waals surface area contributed by atoms with Gasteiger partial charge in [0.1, 0.15) is 6.29 Å². The fourth-order valence-corrected chi connectivity index (χ4v) is 4.49. The molecule has 25 heavy (non-hydrogen) atoms. The summed E-state index contributed by atoms with van der Waals surface area (Å²) in [6, 6.07) is 0.182. The van der Waals surface area contributed by atoms with Crippen molar-refractivity contribution >= 4 is 6.03 Å². The second-order valence-corrected chi connectivity index (χ2v) is 7.82. The maximum Gasteiger partial charge on any atom is 0.318 e. The Kier molecular flexibility index (Phi) is 6.89. The minimum absolute atomic E-state index is 0.0755. The molecule has 0 bridgehead atoms. The van der Waals surface area contributed by atoms with E-state index in [2.05, 4.69) is 38.8 Å². The number of hydrogen-bond acceptors (Lipinski definition) is 6. The van der Waals surface area contributed by atoms with E-state index in [0.717, 1.165) is 37.8 Å². The summed E-state index contributed by atoms with van der Waals surface area (Å²) in [5, 5.41) is 19.7. The van der Waals surface area contributed by atoms with Crippen molar-refractivity contribution in [2.45, 2.75) is 70.1 Å². The summed E-state index contributed by atoms with van der Waals surface area (Å²) in [5.74, 6) is 1.56. The highest BCUT2D eigenvalue weighted by atomic mass is 16.2. The molecular formula is C17H35N7O. The van der Waals surface area contributed by atoms with Crippen molar-refractivity contribution in [3.63, 3.8) is 0 Å². The number of urea groups is 1. The molecule has 3 fully saturated rings. The van der Waals surface area contributed by atoms with Gasteiger partial charge in [0.2, 0.25) is 0 Å². The normalized spacial score (nSPS) is 38.6. The second-order valence-electron chi connectivity index (χ2n) is 7.82. The lowest BCUT2D eigenvalue weighted by molar-refractivity contribution is 0.138. The number of hydrogen-bond donors (Lipinski definition) is 7. The van der Waals surface area contributed by atoms with Gasteiger partial charge >= 0.3 is 6.03 Å². The molecule has 0 aromatic rings. The minimum atomic E-state index is -0.245. The summed E-state index contributed by atoms with van der Waals surface area (Å²) < 4.78 is 0. The first-order chi connectivity index (χ1) is 12.1. The molecule has 3 rings (SSSR count). The van der Waals surface area contributed by atoms with E-state index in [1.807, 2.05) is 0 Å². The Morgan fingerprint density at radius 2 is 1.88 bits per heavy atom. The molecule has 1 aliphatic carbocycles. The third kappa shape index (κ3) is 5.52. The summed E-state index contributed by atoms with van der Waals surface area (Å²) in [5.41, 5.74) is 5.55. The molecule has 2 amide bonds. The molecule has 0 radical (unpaired) electrons. The lowest BCUT2D eigenvalue weighted by atomic mass is 9.75. The van der Waals surface area contributed by atoms with Gasteiger partial charge in [-0.2, -0.15) is 0 Å². The first-order valence-electron chi connectivity index (χ1n) is 9.90. The molecule has 8 nitrogen and oxygen atoms in total. The molecule has 2 heterocycles. The van der Waals surface area contributed by atoms with Gasteiger partial charge in [-0.1, -0.05) is 19.3 Å². The summed E-state index contributed by atoms with van der Waals surface area (Å²) >= 11 is 0. The average Bonchev–Trinajstić information content (AvgIpc) is 2.59. The van der Waals surface area contributed by atoms with Crippen LogP contribution in [0.25, 0.3) is 0 Å². The topological polar surface area (TPSA) is 115 Å². The van der Waals surface area contributed by atoms with Gasteiger partial charge in [-0.25, -0.2) is 4.79 Å². The van der Waals surface area contributed by atoms with Crippen molar-refractivity contribution in [2.24, 2.45) is 17.6 Å². The Bertz CT molecular complexity index is 435. The van der Waals surface area contributed by atoms with E-state index < -0.39 is 0 Å². The largest absolute Gasteiger partial charge is 0.329 e. The first kappa shape index (κ1) is 18.8. The third-order valence-electron chi connectivity index (χ3n) is 5.76. The zero-order chi connectivity index (χ0) is 17.6. The fraction of sp³-hybridized carbons (Fsp3) is 0.941. The third-order valence-corrected chi connectivity index (χ3v) is 5.76. The number of piperidine rings is 1. The maximum absolute atomic E-state index is 12.4. The number of amides is 2. The van der Waals surface area contributed by atoms with Crippen molar-refractivity contribution in [3.8, 4) is 0 Å². The van der Waals surface area contributed by atoms with Crippen LogP contribution in [0, 0.1) is 11.8 Å². The Balaban J connectivity index is 1.42. The van der Waals surface area contributed by atoms with Crippen LogP contribution in [-0.2, 0) is 0 Å². The minimum Gasteiger partial charge on any atom is -0.329 e. The van der Waals surface area contributed by atoms with Crippen molar-refractivity contribution in [3.05, 3.63) is 0 Å². The number of nitrogens with one attached hydrogen (secondary N) is 6. The predicted molar refractivity (Wildman–Crippen MR) is 98.5 cm³/mol. The van der Waals surface area contributed by atoms with E-state index in [9.17, 15) is 4.79 Å². The number of fused-ring (bicyclic) bond motifs is 1. The van der Waals surface area contributed by atoms with E-state index in [1.165, 1.54) is 25.7 Å². The van der Waals surface area contributed by atoms with Crippen molar-refractivity contribution in [1.82, 2.24) is 31.9 Å². The van der Waals surface area contributed by atoms with Crippen molar-refractivity contribution < 1.29 is 4.79 Å². The number of carbonyl (C=O) groups excluding carboxylic acids is 1. The van der Waals surface area contributed by atoms with Crippen molar-refractivity contribution in [2.75, 3.05) is 19.6 Å². The summed E-state index contributed by atoms with van der Waals surface area (Å²) in [4.78, 5) is 12.4. The van der Waals surface area contributed by atoms with Gasteiger partial charge in [0.15, 0.2) is 0 Å². The highest BCUT2D eigenvalue weighted by Crippen LogP contribution is 2.34. The van der Waals surface area contributed by atoms with E-state index in [-0.39, 0.29) is 24.7 Å². The van der Waals surface area contributed by atoms with Gasteiger partial charge < -0.3 is 21.7 Å². The van der Waals surface area contributed by atoms with Crippen LogP contribution in [0.15, 0.2) is 0 Å². The molecule has 2 aliphatic heterocycles. The highest BCUT2D eigenvalue weighted by molar-refractivity contribution is 5.74. The molecule has 8 N–H and O–H groups in total. The summed E-state index contributed by atoms with van der Waals surface area (Å²) in [7, 11) is 0. The molecule has 0 spiro atoms. The van der Waals surface area contributed by atoms with Gasteiger partial charge in [0, 0.05) is 25.7 Å². The Morgan fingerprint density at radius 1 is 1.08 bits per heavy atom. The van der Waals surface area contributed by atoms with Crippen LogP contribution in [-0.4, -0.2) is 50.3 Å². The zero-order valence-corrected chi connectivity index (χ0v) is 15.3. The fourth-order valence-electron chi connectivity index (χ4n) is 4.49. The summed E-state index contributed by atoms with van der Waals surface area (Å²) in [6.07, 6.45) is 7.32. The number of nitrogens with two attached hydrogens (primary N) is 1. The molecular weight excluding hydrogens is 318 g/mol. The summed E-state index contributed by atoms with van der Waals surface area (Å²) in [6.45, 7) is 4.51. The van der Waals surface area contributed by atoms with E-state index in [4.69, 9.17) is 5.73 Å². The molecule has 6 atom stereocenters. The van der Waals surface area contributed by atoms with Crippen LogP contribution in [0.5, 0.6) is 0 Å². The number of carbonyl (C=O) groups is 1. The predicted octanol–water partition coefficient (Wildman–Crippen LogP) is -0.459. The van der Waals surface area contributed by atoms with Gasteiger partial charge in [-0.3, -0.25) is 16.0 Å². The van der Waals surface area contributed by atoms with Crippen LogP contribution >= 0.6 is 0 Å². The van der Waals surface area contributed by atoms with Crippen LogP contribution in [0.1, 0.15) is 45.4 Å². The lowest BCUT2D eigenvalue weighted by Gasteiger charge is -2.40. The van der Waals surface area contributed by atoms with E-state index in [0.29, 0.717) is 12.6 Å². The van der Waals surface area contributed by atoms with Crippen molar-refractivity contribution in [1.29, 1.82) is 0 Å². The van der Waals surface area contributed by atoms with Gasteiger partial charge in [0.05, 0.1) is 12.3 Å². The number of rotatable bonds is 5. The molecule has 0 aromatic heterocycles. The molecule has 3 aliphatic rings. The molecule has 144 valence electrons.